The summed E-state index contributed by atoms with van der Waals surface area (Å²) in [6.07, 6.45) is 2.34. The molecule has 0 atom stereocenters. The van der Waals surface area contributed by atoms with E-state index in [-0.39, 0.29) is 11.0 Å². The molecule has 21 heavy (non-hydrogen) atoms. The van der Waals surface area contributed by atoms with Gasteiger partial charge in [-0.2, -0.15) is 0 Å². The lowest BCUT2D eigenvalue weighted by molar-refractivity contribution is -0.385. The first-order valence-corrected chi connectivity index (χ1v) is 5.68. The maximum atomic E-state index is 13.2. The highest BCUT2D eigenvalue weighted by Crippen LogP contribution is 2.23. The highest BCUT2D eigenvalue weighted by atomic mass is 35.5. The standard InChI is InChI=1S/C11H5ClF2N4O3/c12-9-3-15-4-10(16-9)17-11(19)5-1-6(13)7(14)2-8(5)18(20)21/h1-4H,(H,16,17,19). The van der Waals surface area contributed by atoms with Crippen LogP contribution >= 0.6 is 11.6 Å². The molecular weight excluding hydrogens is 310 g/mol. The van der Waals surface area contributed by atoms with Crippen LogP contribution in [0.4, 0.5) is 20.3 Å². The van der Waals surface area contributed by atoms with Crippen LogP contribution in [0.2, 0.25) is 5.15 Å². The quantitative estimate of drug-likeness (QED) is 0.693. The van der Waals surface area contributed by atoms with E-state index in [4.69, 9.17) is 11.6 Å². The van der Waals surface area contributed by atoms with Crippen molar-refractivity contribution in [3.8, 4) is 0 Å². The van der Waals surface area contributed by atoms with Crippen molar-refractivity contribution in [3.05, 3.63) is 57.0 Å². The maximum absolute atomic E-state index is 13.2. The Bertz CT molecular complexity index is 741. The molecule has 0 aliphatic carbocycles. The summed E-state index contributed by atoms with van der Waals surface area (Å²) in [6, 6.07) is 0.759. The van der Waals surface area contributed by atoms with E-state index in [1.165, 1.54) is 6.20 Å². The summed E-state index contributed by atoms with van der Waals surface area (Å²) in [7, 11) is 0. The molecule has 1 aromatic heterocycles. The third kappa shape index (κ3) is 3.26. The van der Waals surface area contributed by atoms with E-state index in [1.807, 2.05) is 0 Å². The number of aromatic nitrogens is 2. The number of carbonyl (C=O) groups is 1. The van der Waals surface area contributed by atoms with Crippen LogP contribution in [0.1, 0.15) is 10.4 Å². The van der Waals surface area contributed by atoms with E-state index in [0.29, 0.717) is 12.1 Å². The van der Waals surface area contributed by atoms with E-state index in [0.717, 1.165) is 6.20 Å². The predicted octanol–water partition coefficient (Wildman–Crippen LogP) is 2.57. The number of halogens is 3. The van der Waals surface area contributed by atoms with Crippen molar-refractivity contribution in [2.45, 2.75) is 0 Å². The Morgan fingerprint density at radius 3 is 2.57 bits per heavy atom. The van der Waals surface area contributed by atoms with Gasteiger partial charge in [0.25, 0.3) is 11.6 Å². The zero-order chi connectivity index (χ0) is 15.6. The van der Waals surface area contributed by atoms with Crippen LogP contribution < -0.4 is 5.32 Å². The molecule has 1 amide bonds. The lowest BCUT2D eigenvalue weighted by atomic mass is 10.1. The van der Waals surface area contributed by atoms with Gasteiger partial charge in [-0.25, -0.2) is 13.8 Å². The van der Waals surface area contributed by atoms with Crippen molar-refractivity contribution in [1.82, 2.24) is 9.97 Å². The van der Waals surface area contributed by atoms with Crippen LogP contribution in [0.3, 0.4) is 0 Å². The lowest BCUT2D eigenvalue weighted by Gasteiger charge is -2.05. The highest BCUT2D eigenvalue weighted by molar-refractivity contribution is 6.29. The minimum Gasteiger partial charge on any atom is -0.305 e. The predicted molar refractivity (Wildman–Crippen MR) is 68.0 cm³/mol. The van der Waals surface area contributed by atoms with Gasteiger partial charge in [0.2, 0.25) is 0 Å². The second kappa shape index (κ2) is 5.75. The van der Waals surface area contributed by atoms with Crippen LogP contribution in [-0.4, -0.2) is 20.8 Å². The molecule has 10 heteroatoms. The molecule has 0 aliphatic rings. The fraction of sp³-hybridized carbons (Fsp3) is 0. The van der Waals surface area contributed by atoms with E-state index in [2.05, 4.69) is 15.3 Å². The van der Waals surface area contributed by atoms with Crippen LogP contribution in [0, 0.1) is 21.7 Å². The second-order valence-corrected chi connectivity index (χ2v) is 4.11. The zero-order valence-electron chi connectivity index (χ0n) is 10.0. The molecule has 0 unspecified atom stereocenters. The molecule has 2 rings (SSSR count). The molecule has 7 nitrogen and oxygen atoms in total. The van der Waals surface area contributed by atoms with Crippen LogP contribution in [0.15, 0.2) is 24.5 Å². The topological polar surface area (TPSA) is 98.0 Å². The number of nitro groups is 1. The zero-order valence-corrected chi connectivity index (χ0v) is 10.8. The van der Waals surface area contributed by atoms with Gasteiger partial charge >= 0.3 is 0 Å². The molecule has 0 saturated carbocycles. The molecule has 108 valence electrons. The molecule has 0 bridgehead atoms. The monoisotopic (exact) mass is 314 g/mol. The molecule has 1 aromatic carbocycles. The number of amides is 1. The fourth-order valence-electron chi connectivity index (χ4n) is 1.46. The average Bonchev–Trinajstić information content (AvgIpc) is 2.41. The fourth-order valence-corrected chi connectivity index (χ4v) is 1.60. The third-order valence-electron chi connectivity index (χ3n) is 2.33. The number of nitro benzene ring substituents is 1. The first kappa shape index (κ1) is 14.7. The van der Waals surface area contributed by atoms with Crippen LogP contribution in [0.5, 0.6) is 0 Å². The number of anilines is 1. The van der Waals surface area contributed by atoms with Gasteiger partial charge in [0.05, 0.1) is 23.4 Å². The average molecular weight is 315 g/mol. The number of nitrogens with one attached hydrogen (secondary N) is 1. The van der Waals surface area contributed by atoms with Crippen LogP contribution in [-0.2, 0) is 0 Å². The van der Waals surface area contributed by atoms with Gasteiger partial charge in [-0.15, -0.1) is 0 Å². The van der Waals surface area contributed by atoms with E-state index < -0.39 is 33.7 Å². The van der Waals surface area contributed by atoms with Gasteiger partial charge in [0.15, 0.2) is 17.5 Å². The number of hydrogen-bond acceptors (Lipinski definition) is 5. The van der Waals surface area contributed by atoms with E-state index >= 15 is 0 Å². The number of rotatable bonds is 3. The third-order valence-corrected chi connectivity index (χ3v) is 2.51. The smallest absolute Gasteiger partial charge is 0.285 e. The summed E-state index contributed by atoms with van der Waals surface area (Å²) in [5.74, 6) is -3.95. The Balaban J connectivity index is 2.39. The molecule has 0 saturated heterocycles. The summed E-state index contributed by atoms with van der Waals surface area (Å²) in [6.45, 7) is 0. The molecule has 0 fully saturated rings. The first-order valence-electron chi connectivity index (χ1n) is 5.31. The Labute approximate surface area is 120 Å². The second-order valence-electron chi connectivity index (χ2n) is 3.72. The number of benzene rings is 1. The molecule has 0 radical (unpaired) electrons. The van der Waals surface area contributed by atoms with Gasteiger partial charge in [0, 0.05) is 0 Å². The molecule has 1 heterocycles. The van der Waals surface area contributed by atoms with Crippen molar-refractivity contribution >= 4 is 29.0 Å². The molecular formula is C11H5ClF2N4O3. The Hall–Kier alpha value is -2.68. The van der Waals surface area contributed by atoms with Crippen molar-refractivity contribution in [3.63, 3.8) is 0 Å². The number of carbonyl (C=O) groups excluding carboxylic acids is 1. The number of hydrogen-bond donors (Lipinski definition) is 1. The van der Waals surface area contributed by atoms with Crippen molar-refractivity contribution in [1.29, 1.82) is 0 Å². The minimum atomic E-state index is -1.43. The normalized spacial score (nSPS) is 10.2. The van der Waals surface area contributed by atoms with E-state index in [1.54, 1.807) is 0 Å². The summed E-state index contributed by atoms with van der Waals surface area (Å²) in [5.41, 5.74) is -1.53. The van der Waals surface area contributed by atoms with Gasteiger partial charge in [-0.3, -0.25) is 19.9 Å². The number of nitrogens with zero attached hydrogens (tertiary/aromatic N) is 3. The molecule has 0 spiro atoms. The summed E-state index contributed by atoms with van der Waals surface area (Å²) < 4.78 is 26.2. The largest absolute Gasteiger partial charge is 0.305 e. The van der Waals surface area contributed by atoms with Gasteiger partial charge in [-0.1, -0.05) is 11.6 Å². The molecule has 2 aromatic rings. The van der Waals surface area contributed by atoms with E-state index in [9.17, 15) is 23.7 Å². The highest BCUT2D eigenvalue weighted by Gasteiger charge is 2.24. The summed E-state index contributed by atoms with van der Waals surface area (Å²) in [5, 5.41) is 12.9. The van der Waals surface area contributed by atoms with Crippen LogP contribution in [0.25, 0.3) is 0 Å². The Kier molecular flexibility index (Phi) is 4.03. The van der Waals surface area contributed by atoms with Gasteiger partial charge in [0.1, 0.15) is 10.7 Å². The van der Waals surface area contributed by atoms with Gasteiger partial charge < -0.3 is 5.32 Å². The molecule has 1 N–H and O–H groups in total. The first-order chi connectivity index (χ1) is 9.88. The lowest BCUT2D eigenvalue weighted by Crippen LogP contribution is -2.16. The minimum absolute atomic E-state index is 0.0208. The van der Waals surface area contributed by atoms with Crippen molar-refractivity contribution < 1.29 is 18.5 Å². The summed E-state index contributed by atoms with van der Waals surface area (Å²) in [4.78, 5) is 29.0. The van der Waals surface area contributed by atoms with Crippen molar-refractivity contribution in [2.75, 3.05) is 5.32 Å². The maximum Gasteiger partial charge on any atom is 0.285 e. The Morgan fingerprint density at radius 1 is 1.29 bits per heavy atom. The summed E-state index contributed by atoms with van der Waals surface area (Å²) >= 11 is 5.56. The van der Waals surface area contributed by atoms with Gasteiger partial charge in [-0.05, 0) is 6.07 Å². The van der Waals surface area contributed by atoms with Crippen molar-refractivity contribution in [2.24, 2.45) is 0 Å². The Morgan fingerprint density at radius 2 is 1.95 bits per heavy atom. The SMILES string of the molecule is O=C(Nc1cncc(Cl)n1)c1cc(F)c(F)cc1[N+](=O)[O-]. The molecule has 0 aliphatic heterocycles.